The van der Waals surface area contributed by atoms with Crippen molar-refractivity contribution in [2.24, 2.45) is 5.92 Å². The first-order chi connectivity index (χ1) is 13.6. The van der Waals surface area contributed by atoms with Crippen LogP contribution in [0.25, 0.3) is 0 Å². The van der Waals surface area contributed by atoms with Gasteiger partial charge in [0.1, 0.15) is 10.7 Å². The van der Waals surface area contributed by atoms with Crippen molar-refractivity contribution in [1.82, 2.24) is 9.21 Å². The van der Waals surface area contributed by atoms with Crippen LogP contribution >= 0.6 is 0 Å². The van der Waals surface area contributed by atoms with E-state index in [1.165, 1.54) is 23.8 Å². The summed E-state index contributed by atoms with van der Waals surface area (Å²) < 4.78 is 42.1. The molecule has 0 radical (unpaired) electrons. The Bertz CT molecular complexity index is 904. The van der Waals surface area contributed by atoms with Gasteiger partial charge in [-0.1, -0.05) is 42.5 Å². The molecular weight excluding hydrogens is 375 g/mol. The third-order valence-electron chi connectivity index (χ3n) is 6.01. The molecule has 2 saturated heterocycles. The zero-order chi connectivity index (χ0) is 19.6. The topological polar surface area (TPSA) is 40.6 Å². The predicted octanol–water partition coefficient (Wildman–Crippen LogP) is 3.89. The monoisotopic (exact) mass is 402 g/mol. The van der Waals surface area contributed by atoms with Crippen molar-refractivity contribution in [3.63, 3.8) is 0 Å². The first kappa shape index (κ1) is 19.6. The molecule has 150 valence electrons. The van der Waals surface area contributed by atoms with Crippen LogP contribution in [0.5, 0.6) is 0 Å². The number of piperidine rings is 1. The summed E-state index contributed by atoms with van der Waals surface area (Å²) in [7, 11) is -3.80. The third kappa shape index (κ3) is 4.00. The highest BCUT2D eigenvalue weighted by atomic mass is 32.2. The lowest BCUT2D eigenvalue weighted by molar-refractivity contribution is 0.125. The first-order valence-electron chi connectivity index (χ1n) is 10.1. The molecule has 0 amide bonds. The molecule has 0 bridgehead atoms. The molecule has 4 rings (SSSR count). The Morgan fingerprint density at radius 1 is 0.929 bits per heavy atom. The second kappa shape index (κ2) is 8.31. The molecule has 2 fully saturated rings. The highest BCUT2D eigenvalue weighted by Gasteiger charge is 2.41. The van der Waals surface area contributed by atoms with E-state index in [0.717, 1.165) is 45.3 Å². The van der Waals surface area contributed by atoms with Gasteiger partial charge in [0.25, 0.3) is 0 Å². The number of hydrogen-bond donors (Lipinski definition) is 0. The maximum Gasteiger partial charge on any atom is 0.246 e. The Morgan fingerprint density at radius 2 is 1.64 bits per heavy atom. The van der Waals surface area contributed by atoms with Crippen LogP contribution in [-0.2, 0) is 16.6 Å². The van der Waals surface area contributed by atoms with Crippen LogP contribution < -0.4 is 0 Å². The maximum atomic E-state index is 14.2. The summed E-state index contributed by atoms with van der Waals surface area (Å²) >= 11 is 0. The zero-order valence-corrected chi connectivity index (χ0v) is 16.8. The molecule has 4 nitrogen and oxygen atoms in total. The average molecular weight is 403 g/mol. The number of sulfonamides is 1. The van der Waals surface area contributed by atoms with Crippen LogP contribution in [-0.4, -0.2) is 43.3 Å². The average Bonchev–Trinajstić information content (AvgIpc) is 3.20. The lowest BCUT2D eigenvalue weighted by Crippen LogP contribution is -2.46. The Labute approximate surface area is 167 Å². The summed E-state index contributed by atoms with van der Waals surface area (Å²) in [6.07, 6.45) is 3.80. The summed E-state index contributed by atoms with van der Waals surface area (Å²) in [5.74, 6) is -0.371. The molecule has 0 aliphatic carbocycles. The minimum Gasteiger partial charge on any atom is -0.299 e. The number of nitrogens with zero attached hydrogens (tertiary/aromatic N) is 2. The molecule has 2 heterocycles. The molecule has 0 aromatic heterocycles. The summed E-state index contributed by atoms with van der Waals surface area (Å²) in [5, 5.41) is 0. The fourth-order valence-corrected chi connectivity index (χ4v) is 6.53. The van der Waals surface area contributed by atoms with Gasteiger partial charge in [-0.2, -0.15) is 4.31 Å². The van der Waals surface area contributed by atoms with Crippen LogP contribution in [0.1, 0.15) is 31.2 Å². The van der Waals surface area contributed by atoms with E-state index >= 15 is 0 Å². The van der Waals surface area contributed by atoms with E-state index in [-0.39, 0.29) is 10.9 Å². The third-order valence-corrected chi connectivity index (χ3v) is 7.96. The Balaban J connectivity index is 1.51. The van der Waals surface area contributed by atoms with E-state index in [1.807, 2.05) is 6.07 Å². The van der Waals surface area contributed by atoms with Gasteiger partial charge in [-0.05, 0) is 55.8 Å². The fourth-order valence-electron chi connectivity index (χ4n) is 4.71. The fraction of sp³-hybridized carbons (Fsp3) is 0.455. The van der Waals surface area contributed by atoms with E-state index in [4.69, 9.17) is 0 Å². The highest BCUT2D eigenvalue weighted by Crippen LogP contribution is 2.35. The maximum absolute atomic E-state index is 14.2. The van der Waals surface area contributed by atoms with Gasteiger partial charge in [-0.15, -0.1) is 0 Å². The SMILES string of the molecule is O=S(=O)(c1ccccc1F)N1CCC[C@H]1[C@@H]1CCCN(Cc2ccccc2)C1. The molecule has 28 heavy (non-hydrogen) atoms. The normalized spacial score (nSPS) is 24.5. The Hall–Kier alpha value is -1.76. The molecule has 0 unspecified atom stereocenters. The minimum atomic E-state index is -3.80. The van der Waals surface area contributed by atoms with Crippen molar-refractivity contribution in [3.8, 4) is 0 Å². The number of likely N-dealkylation sites (tertiary alicyclic amines) is 1. The Kier molecular flexibility index (Phi) is 5.80. The molecular formula is C22H27FN2O2S. The van der Waals surface area contributed by atoms with E-state index in [1.54, 1.807) is 10.4 Å². The molecule has 0 saturated carbocycles. The molecule has 2 aliphatic heterocycles. The van der Waals surface area contributed by atoms with Crippen molar-refractivity contribution in [2.75, 3.05) is 19.6 Å². The van der Waals surface area contributed by atoms with Gasteiger partial charge in [-0.25, -0.2) is 12.8 Å². The van der Waals surface area contributed by atoms with Gasteiger partial charge < -0.3 is 0 Å². The van der Waals surface area contributed by atoms with Crippen molar-refractivity contribution in [2.45, 2.75) is 43.2 Å². The number of halogens is 1. The summed E-state index contributed by atoms with van der Waals surface area (Å²) in [6.45, 7) is 3.31. The number of rotatable bonds is 5. The largest absolute Gasteiger partial charge is 0.299 e. The van der Waals surface area contributed by atoms with Gasteiger partial charge in [-0.3, -0.25) is 4.90 Å². The first-order valence-corrected chi connectivity index (χ1v) is 11.5. The molecule has 2 aromatic carbocycles. The van der Waals surface area contributed by atoms with Gasteiger partial charge in [0.2, 0.25) is 10.0 Å². The second-order valence-electron chi connectivity index (χ2n) is 7.88. The molecule has 2 aromatic rings. The van der Waals surface area contributed by atoms with E-state index in [0.29, 0.717) is 12.5 Å². The summed E-state index contributed by atoms with van der Waals surface area (Å²) in [4.78, 5) is 2.23. The standard InChI is InChI=1S/C22H27FN2O2S/c23-20-11-4-5-13-22(20)28(26,27)25-15-7-12-21(25)19-10-6-14-24(17-19)16-18-8-2-1-3-9-18/h1-5,8-9,11,13,19,21H,6-7,10,12,14-17H2/t19-,21+/m1/s1. The quantitative estimate of drug-likeness (QED) is 0.762. The van der Waals surface area contributed by atoms with Crippen molar-refractivity contribution < 1.29 is 12.8 Å². The lowest BCUT2D eigenvalue weighted by Gasteiger charge is -2.38. The smallest absolute Gasteiger partial charge is 0.246 e. The van der Waals surface area contributed by atoms with Gasteiger partial charge in [0, 0.05) is 25.7 Å². The molecule has 0 spiro atoms. The molecule has 0 N–H and O–H groups in total. The van der Waals surface area contributed by atoms with Crippen LogP contribution in [0.15, 0.2) is 59.5 Å². The van der Waals surface area contributed by atoms with Crippen LogP contribution in [0, 0.1) is 11.7 Å². The predicted molar refractivity (Wildman–Crippen MR) is 108 cm³/mol. The van der Waals surface area contributed by atoms with Crippen molar-refractivity contribution in [3.05, 3.63) is 66.0 Å². The van der Waals surface area contributed by atoms with E-state index in [9.17, 15) is 12.8 Å². The zero-order valence-electron chi connectivity index (χ0n) is 16.0. The lowest BCUT2D eigenvalue weighted by atomic mass is 9.89. The molecule has 2 atom stereocenters. The minimum absolute atomic E-state index is 0.0387. The summed E-state index contributed by atoms with van der Waals surface area (Å²) in [6, 6.07) is 16.1. The molecule has 6 heteroatoms. The molecule has 2 aliphatic rings. The van der Waals surface area contributed by atoms with Gasteiger partial charge in [0.15, 0.2) is 0 Å². The van der Waals surface area contributed by atoms with E-state index < -0.39 is 15.8 Å². The number of hydrogen-bond acceptors (Lipinski definition) is 3. The second-order valence-corrected chi connectivity index (χ2v) is 9.74. The van der Waals surface area contributed by atoms with Crippen molar-refractivity contribution >= 4 is 10.0 Å². The van der Waals surface area contributed by atoms with Crippen LogP contribution in [0.3, 0.4) is 0 Å². The summed E-state index contributed by atoms with van der Waals surface area (Å²) in [5.41, 5.74) is 1.28. The van der Waals surface area contributed by atoms with Gasteiger partial charge in [0.05, 0.1) is 0 Å². The van der Waals surface area contributed by atoms with Crippen LogP contribution in [0.2, 0.25) is 0 Å². The van der Waals surface area contributed by atoms with Gasteiger partial charge >= 0.3 is 0 Å². The van der Waals surface area contributed by atoms with Crippen LogP contribution in [0.4, 0.5) is 4.39 Å². The number of benzene rings is 2. The van der Waals surface area contributed by atoms with E-state index in [2.05, 4.69) is 29.2 Å². The van der Waals surface area contributed by atoms with Crippen molar-refractivity contribution in [1.29, 1.82) is 0 Å². The highest BCUT2D eigenvalue weighted by molar-refractivity contribution is 7.89. The Morgan fingerprint density at radius 3 is 2.43 bits per heavy atom.